The lowest BCUT2D eigenvalue weighted by molar-refractivity contribution is -0.168. The third kappa shape index (κ3) is 2.24. The lowest BCUT2D eigenvalue weighted by atomic mass is 9.54. The van der Waals surface area contributed by atoms with Crippen LogP contribution >= 0.6 is 0 Å². The van der Waals surface area contributed by atoms with Crippen LogP contribution in [0.15, 0.2) is 24.3 Å². The average Bonchev–Trinajstić information content (AvgIpc) is 2.44. The van der Waals surface area contributed by atoms with Crippen molar-refractivity contribution < 1.29 is 9.47 Å². The molecule has 0 aromatic heterocycles. The van der Waals surface area contributed by atoms with Crippen molar-refractivity contribution >= 4 is 0 Å². The van der Waals surface area contributed by atoms with E-state index in [1.807, 2.05) is 12.1 Å². The Balaban J connectivity index is 1.43. The van der Waals surface area contributed by atoms with Gasteiger partial charge < -0.3 is 9.47 Å². The van der Waals surface area contributed by atoms with E-state index in [0.29, 0.717) is 0 Å². The minimum Gasteiger partial charge on any atom is -0.497 e. The zero-order valence-corrected chi connectivity index (χ0v) is 12.3. The van der Waals surface area contributed by atoms with E-state index < -0.39 is 0 Å². The van der Waals surface area contributed by atoms with Crippen molar-refractivity contribution in [3.05, 3.63) is 29.8 Å². The van der Waals surface area contributed by atoms with E-state index in [9.17, 15) is 0 Å². The summed E-state index contributed by atoms with van der Waals surface area (Å²) in [6, 6.07) is 8.30. The maximum Gasteiger partial charge on any atom is 0.118 e. The first-order valence-corrected chi connectivity index (χ1v) is 8.01. The molecule has 4 fully saturated rings. The van der Waals surface area contributed by atoms with Gasteiger partial charge in [0.15, 0.2) is 0 Å². The predicted molar refractivity (Wildman–Crippen MR) is 78.7 cm³/mol. The smallest absolute Gasteiger partial charge is 0.118 e. The van der Waals surface area contributed by atoms with Gasteiger partial charge in [0.25, 0.3) is 0 Å². The fourth-order valence-corrected chi connectivity index (χ4v) is 5.17. The van der Waals surface area contributed by atoms with E-state index in [4.69, 9.17) is 9.47 Å². The first kappa shape index (κ1) is 12.7. The van der Waals surface area contributed by atoms with Gasteiger partial charge in [0.2, 0.25) is 0 Å². The van der Waals surface area contributed by atoms with Gasteiger partial charge in [-0.3, -0.25) is 0 Å². The summed E-state index contributed by atoms with van der Waals surface area (Å²) in [4.78, 5) is 0. The van der Waals surface area contributed by atoms with Gasteiger partial charge in [0.1, 0.15) is 5.75 Å². The third-order valence-corrected chi connectivity index (χ3v) is 5.69. The molecular weight excluding hydrogens is 248 g/mol. The van der Waals surface area contributed by atoms with Gasteiger partial charge >= 0.3 is 0 Å². The molecule has 108 valence electrons. The van der Waals surface area contributed by atoms with Gasteiger partial charge in [0, 0.05) is 0 Å². The number of hydrogen-bond acceptors (Lipinski definition) is 2. The minimum atomic E-state index is 0.217. The number of benzene rings is 1. The lowest BCUT2D eigenvalue weighted by Crippen LogP contribution is -2.51. The summed E-state index contributed by atoms with van der Waals surface area (Å²) in [7, 11) is 1.71. The van der Waals surface area contributed by atoms with Crippen LogP contribution in [0, 0.1) is 17.8 Å². The van der Waals surface area contributed by atoms with Crippen molar-refractivity contribution in [2.75, 3.05) is 7.11 Å². The largest absolute Gasteiger partial charge is 0.497 e. The van der Waals surface area contributed by atoms with E-state index >= 15 is 0 Å². The Morgan fingerprint density at radius 3 is 2.00 bits per heavy atom. The van der Waals surface area contributed by atoms with Crippen molar-refractivity contribution in [1.29, 1.82) is 0 Å². The Hall–Kier alpha value is -1.02. The standard InChI is InChI=1S/C18H24O2/c1-19-17-4-2-13(3-5-17)12-20-18-9-14-6-15(10-18)8-16(7-14)11-18/h2-5,14-16H,6-12H2,1H3. The molecule has 2 heteroatoms. The summed E-state index contributed by atoms with van der Waals surface area (Å²) in [6.45, 7) is 0.760. The Bertz CT molecular complexity index is 441. The van der Waals surface area contributed by atoms with Crippen LogP contribution in [0.25, 0.3) is 0 Å². The SMILES string of the molecule is COc1ccc(COC23CC4CC(CC(C4)C2)C3)cc1. The van der Waals surface area contributed by atoms with Gasteiger partial charge in [-0.1, -0.05) is 12.1 Å². The van der Waals surface area contributed by atoms with E-state index in [1.54, 1.807) is 7.11 Å². The van der Waals surface area contributed by atoms with E-state index in [2.05, 4.69) is 12.1 Å². The van der Waals surface area contributed by atoms with Crippen LogP contribution in [0.1, 0.15) is 44.1 Å². The van der Waals surface area contributed by atoms with Crippen LogP contribution in [-0.2, 0) is 11.3 Å². The molecule has 0 heterocycles. The molecule has 20 heavy (non-hydrogen) atoms. The van der Waals surface area contributed by atoms with Crippen molar-refractivity contribution in [2.45, 2.75) is 50.7 Å². The quantitative estimate of drug-likeness (QED) is 0.818. The van der Waals surface area contributed by atoms with Gasteiger partial charge in [-0.2, -0.15) is 0 Å². The molecule has 1 aromatic carbocycles. The summed E-state index contributed by atoms with van der Waals surface area (Å²) in [5, 5.41) is 0. The zero-order chi connectivity index (χ0) is 13.6. The summed E-state index contributed by atoms with van der Waals surface area (Å²) in [6.07, 6.45) is 8.38. The van der Waals surface area contributed by atoms with Crippen molar-refractivity contribution in [3.63, 3.8) is 0 Å². The van der Waals surface area contributed by atoms with Crippen molar-refractivity contribution in [3.8, 4) is 5.75 Å². The summed E-state index contributed by atoms with van der Waals surface area (Å²) >= 11 is 0. The Labute approximate surface area is 121 Å². The van der Waals surface area contributed by atoms with Crippen LogP contribution in [0.4, 0.5) is 0 Å². The summed E-state index contributed by atoms with van der Waals surface area (Å²) < 4.78 is 11.7. The predicted octanol–water partition coefficient (Wildman–Crippen LogP) is 4.18. The monoisotopic (exact) mass is 272 g/mol. The second kappa shape index (κ2) is 4.77. The molecule has 5 rings (SSSR count). The highest BCUT2D eigenvalue weighted by Crippen LogP contribution is 2.57. The van der Waals surface area contributed by atoms with Gasteiger partial charge in [0.05, 0.1) is 19.3 Å². The van der Waals surface area contributed by atoms with E-state index in [-0.39, 0.29) is 5.60 Å². The number of hydrogen-bond donors (Lipinski definition) is 0. The second-order valence-corrected chi connectivity index (χ2v) is 7.24. The van der Waals surface area contributed by atoms with Crippen molar-refractivity contribution in [2.24, 2.45) is 17.8 Å². The van der Waals surface area contributed by atoms with Crippen LogP contribution in [0.2, 0.25) is 0 Å². The molecule has 0 radical (unpaired) electrons. The molecule has 0 amide bonds. The molecule has 4 saturated carbocycles. The molecular formula is C18H24O2. The zero-order valence-electron chi connectivity index (χ0n) is 12.3. The molecule has 2 nitrogen and oxygen atoms in total. The van der Waals surface area contributed by atoms with E-state index in [1.165, 1.54) is 44.1 Å². The Morgan fingerprint density at radius 1 is 0.950 bits per heavy atom. The molecule has 4 bridgehead atoms. The second-order valence-electron chi connectivity index (χ2n) is 7.24. The fraction of sp³-hybridized carbons (Fsp3) is 0.667. The highest BCUT2D eigenvalue weighted by Gasteiger charge is 2.51. The minimum absolute atomic E-state index is 0.217. The normalized spacial score (nSPS) is 38.1. The Kier molecular flexibility index (Phi) is 3.03. The molecule has 0 unspecified atom stereocenters. The first-order valence-electron chi connectivity index (χ1n) is 8.01. The molecule has 0 aliphatic heterocycles. The highest BCUT2D eigenvalue weighted by atomic mass is 16.5. The molecule has 0 atom stereocenters. The maximum absolute atomic E-state index is 6.46. The molecule has 1 aromatic rings. The summed E-state index contributed by atoms with van der Waals surface area (Å²) in [5.41, 5.74) is 1.48. The number of rotatable bonds is 4. The average molecular weight is 272 g/mol. The van der Waals surface area contributed by atoms with Gasteiger partial charge in [-0.05, 0) is 74.0 Å². The number of methoxy groups -OCH3 is 1. The third-order valence-electron chi connectivity index (χ3n) is 5.69. The molecule has 0 N–H and O–H groups in total. The molecule has 0 saturated heterocycles. The molecule has 4 aliphatic carbocycles. The number of ether oxygens (including phenoxy) is 2. The maximum atomic E-state index is 6.46. The van der Waals surface area contributed by atoms with E-state index in [0.717, 1.165) is 30.1 Å². The van der Waals surface area contributed by atoms with Gasteiger partial charge in [-0.25, -0.2) is 0 Å². The van der Waals surface area contributed by atoms with Crippen LogP contribution in [-0.4, -0.2) is 12.7 Å². The fourth-order valence-electron chi connectivity index (χ4n) is 5.17. The lowest BCUT2D eigenvalue weighted by Gasteiger charge is -2.56. The Morgan fingerprint density at radius 2 is 1.50 bits per heavy atom. The van der Waals surface area contributed by atoms with Gasteiger partial charge in [-0.15, -0.1) is 0 Å². The first-order chi connectivity index (χ1) is 9.75. The summed E-state index contributed by atoms with van der Waals surface area (Å²) in [5.74, 6) is 3.79. The van der Waals surface area contributed by atoms with Crippen LogP contribution < -0.4 is 4.74 Å². The highest BCUT2D eigenvalue weighted by molar-refractivity contribution is 5.26. The molecule has 4 aliphatic rings. The topological polar surface area (TPSA) is 18.5 Å². The molecule has 0 spiro atoms. The van der Waals surface area contributed by atoms with Crippen molar-refractivity contribution in [1.82, 2.24) is 0 Å². The van der Waals surface area contributed by atoms with Crippen LogP contribution in [0.3, 0.4) is 0 Å². The van der Waals surface area contributed by atoms with Crippen LogP contribution in [0.5, 0.6) is 5.75 Å².